The number of aromatic nitrogens is 2. The zero-order valence-corrected chi connectivity index (χ0v) is 19.0. The molecule has 4 rings (SSSR count). The van der Waals surface area contributed by atoms with Gasteiger partial charge in [-0.25, -0.2) is 13.6 Å². The number of alkyl halides is 5. The van der Waals surface area contributed by atoms with Gasteiger partial charge in [-0.05, 0) is 32.2 Å². The van der Waals surface area contributed by atoms with Gasteiger partial charge in [0.05, 0.1) is 12.2 Å². The van der Waals surface area contributed by atoms with Crippen LogP contribution in [0.4, 0.5) is 22.0 Å². The zero-order chi connectivity index (χ0) is 25.3. The molecule has 3 heterocycles. The Morgan fingerprint density at radius 2 is 1.88 bits per heavy atom. The molecule has 192 valence electrons. The molecular formula is C21H29F5N4O4. The Balaban J connectivity index is 0.000000406. The molecule has 0 aromatic carbocycles. The molecule has 1 amide bonds. The first-order chi connectivity index (χ1) is 15.8. The molecule has 1 N–H and O–H groups in total. The molecule has 1 spiro atoms. The average molecular weight is 496 g/mol. The van der Waals surface area contributed by atoms with Gasteiger partial charge >= 0.3 is 12.1 Å². The van der Waals surface area contributed by atoms with Crippen LogP contribution in [-0.2, 0) is 16.6 Å². The van der Waals surface area contributed by atoms with Gasteiger partial charge < -0.3 is 19.6 Å². The second-order valence-corrected chi connectivity index (χ2v) is 9.42. The highest BCUT2D eigenvalue weighted by atomic mass is 19.4. The number of rotatable bonds is 6. The van der Waals surface area contributed by atoms with E-state index in [1.54, 1.807) is 11.9 Å². The number of carbonyl (C=O) groups excluding carboxylic acids is 1. The summed E-state index contributed by atoms with van der Waals surface area (Å²) in [6.45, 7) is 4.64. The van der Waals surface area contributed by atoms with Crippen LogP contribution < -0.4 is 0 Å². The van der Waals surface area contributed by atoms with E-state index in [0.29, 0.717) is 19.0 Å². The van der Waals surface area contributed by atoms with Crippen molar-refractivity contribution in [3.8, 4) is 0 Å². The lowest BCUT2D eigenvalue weighted by atomic mass is 9.77. The van der Waals surface area contributed by atoms with Crippen molar-refractivity contribution in [3.05, 3.63) is 17.5 Å². The minimum atomic E-state index is -5.08. The van der Waals surface area contributed by atoms with Crippen molar-refractivity contribution in [1.82, 2.24) is 19.6 Å². The first kappa shape index (κ1) is 26.3. The van der Waals surface area contributed by atoms with Crippen LogP contribution in [0.15, 0.2) is 6.20 Å². The summed E-state index contributed by atoms with van der Waals surface area (Å²) in [6.07, 6.45) is -2.98. The summed E-state index contributed by atoms with van der Waals surface area (Å²) in [4.78, 5) is 25.8. The molecule has 0 unspecified atom stereocenters. The third-order valence-corrected chi connectivity index (χ3v) is 6.56. The van der Waals surface area contributed by atoms with Crippen LogP contribution >= 0.6 is 0 Å². The molecule has 34 heavy (non-hydrogen) atoms. The summed E-state index contributed by atoms with van der Waals surface area (Å²) >= 11 is 0. The Labute approximate surface area is 193 Å². The van der Waals surface area contributed by atoms with Crippen LogP contribution in [-0.4, -0.2) is 89.2 Å². The number of nitrogens with zero attached hydrogens (tertiary/aromatic N) is 4. The number of carboxylic acid groups (broad SMARTS) is 1. The van der Waals surface area contributed by atoms with Crippen molar-refractivity contribution >= 4 is 11.9 Å². The van der Waals surface area contributed by atoms with Crippen molar-refractivity contribution in [2.24, 2.45) is 24.3 Å². The van der Waals surface area contributed by atoms with Gasteiger partial charge in [-0.1, -0.05) is 0 Å². The Bertz CT molecular complexity index is 889. The summed E-state index contributed by atoms with van der Waals surface area (Å²) in [7, 11) is 3.66. The van der Waals surface area contributed by atoms with Gasteiger partial charge in [-0.15, -0.1) is 0 Å². The maximum absolute atomic E-state index is 13.2. The lowest BCUT2D eigenvalue weighted by molar-refractivity contribution is -0.192. The van der Waals surface area contributed by atoms with Crippen molar-refractivity contribution in [3.63, 3.8) is 0 Å². The highest BCUT2D eigenvalue weighted by Crippen LogP contribution is 2.44. The maximum atomic E-state index is 13.2. The molecule has 1 aromatic heterocycles. The molecule has 2 atom stereocenters. The molecule has 1 aromatic rings. The van der Waals surface area contributed by atoms with Crippen LogP contribution in [0.5, 0.6) is 0 Å². The average Bonchev–Trinajstić information content (AvgIpc) is 3.19. The van der Waals surface area contributed by atoms with E-state index >= 15 is 0 Å². The minimum Gasteiger partial charge on any atom is -0.475 e. The molecule has 3 aliphatic rings. The van der Waals surface area contributed by atoms with Crippen LogP contribution in [0.25, 0.3) is 0 Å². The predicted molar refractivity (Wildman–Crippen MR) is 109 cm³/mol. The van der Waals surface area contributed by atoms with Crippen molar-refractivity contribution in [2.75, 3.05) is 46.4 Å². The highest BCUT2D eigenvalue weighted by Gasteiger charge is 2.51. The van der Waals surface area contributed by atoms with E-state index in [1.165, 1.54) is 23.7 Å². The van der Waals surface area contributed by atoms with Crippen molar-refractivity contribution in [2.45, 2.75) is 31.9 Å². The first-order valence-corrected chi connectivity index (χ1v) is 11.0. The quantitative estimate of drug-likeness (QED) is 0.610. The van der Waals surface area contributed by atoms with Gasteiger partial charge in [0.25, 0.3) is 12.3 Å². The normalized spacial score (nSPS) is 25.2. The summed E-state index contributed by atoms with van der Waals surface area (Å²) in [5, 5.41) is 10.9. The number of halogens is 5. The Morgan fingerprint density at radius 3 is 2.44 bits per heavy atom. The number of amides is 1. The van der Waals surface area contributed by atoms with Gasteiger partial charge in [-0.3, -0.25) is 9.48 Å². The number of carboxylic acids is 1. The molecule has 0 radical (unpaired) electrons. The molecule has 1 saturated carbocycles. The smallest absolute Gasteiger partial charge is 0.475 e. The minimum absolute atomic E-state index is 0.00115. The topological polar surface area (TPSA) is 87.9 Å². The third kappa shape index (κ3) is 6.23. The van der Waals surface area contributed by atoms with Gasteiger partial charge in [0.1, 0.15) is 5.69 Å². The highest BCUT2D eigenvalue weighted by molar-refractivity contribution is 5.95. The largest absolute Gasteiger partial charge is 0.490 e. The predicted octanol–water partition coefficient (Wildman–Crippen LogP) is 2.81. The molecule has 3 fully saturated rings. The van der Waals surface area contributed by atoms with Crippen molar-refractivity contribution < 1.29 is 41.4 Å². The molecule has 1 aliphatic carbocycles. The van der Waals surface area contributed by atoms with Gasteiger partial charge in [0.15, 0.2) is 0 Å². The van der Waals surface area contributed by atoms with E-state index in [4.69, 9.17) is 14.6 Å². The van der Waals surface area contributed by atoms with Crippen molar-refractivity contribution in [1.29, 1.82) is 0 Å². The number of ether oxygens (including phenoxy) is 1. The number of likely N-dealkylation sites (tertiary alicyclic amines) is 2. The fraction of sp³-hybridized carbons (Fsp3) is 0.762. The standard InChI is InChI=1S/C19H28F2N4O2.C2HF3O2/c1-23-7-14(10-27-9-13-3-4-13)19(11-23)5-6-25(12-19)18(26)15-8-24(2)22-16(15)17(20)21;3-2(4,5)1(6)7/h8,13-14,17H,3-7,9-12H2,1-2H3;(H,6,7)/t14-,19+;/m0./s1. The number of hydrogen-bond acceptors (Lipinski definition) is 5. The molecule has 13 heteroatoms. The van der Waals surface area contributed by atoms with Crippen LogP contribution in [0, 0.1) is 17.3 Å². The molecular weight excluding hydrogens is 467 g/mol. The fourth-order valence-electron chi connectivity index (χ4n) is 4.73. The number of hydrogen-bond donors (Lipinski definition) is 1. The van der Waals surface area contributed by atoms with Gasteiger partial charge in [0.2, 0.25) is 0 Å². The Hall–Kier alpha value is -2.28. The molecule has 0 bridgehead atoms. The summed E-state index contributed by atoms with van der Waals surface area (Å²) < 4.78 is 65.5. The number of aliphatic carboxylic acids is 1. The summed E-state index contributed by atoms with van der Waals surface area (Å²) in [6, 6.07) is 0. The van der Waals surface area contributed by atoms with E-state index in [9.17, 15) is 26.7 Å². The second kappa shape index (κ2) is 10.1. The second-order valence-electron chi connectivity index (χ2n) is 9.42. The van der Waals surface area contributed by atoms with Gasteiger partial charge in [0, 0.05) is 57.4 Å². The van der Waals surface area contributed by atoms with E-state index in [2.05, 4.69) is 17.0 Å². The van der Waals surface area contributed by atoms with E-state index in [1.807, 2.05) is 0 Å². The maximum Gasteiger partial charge on any atom is 0.490 e. The SMILES string of the molecule is CN1C[C@@H](COCC2CC2)[C@]2(CCN(C(=O)c3cn(C)nc3C(F)F)C2)C1.O=C(O)C(F)(F)F. The lowest BCUT2D eigenvalue weighted by Crippen LogP contribution is -2.38. The summed E-state index contributed by atoms with van der Waals surface area (Å²) in [5.74, 6) is -1.97. The Kier molecular flexibility index (Phi) is 7.85. The zero-order valence-electron chi connectivity index (χ0n) is 19.0. The monoisotopic (exact) mass is 496 g/mol. The van der Waals surface area contributed by atoms with E-state index in [0.717, 1.165) is 38.6 Å². The Morgan fingerprint density at radius 1 is 1.24 bits per heavy atom. The third-order valence-electron chi connectivity index (χ3n) is 6.56. The number of carbonyl (C=O) groups is 2. The number of aryl methyl sites for hydroxylation is 1. The van der Waals surface area contributed by atoms with Crippen LogP contribution in [0.2, 0.25) is 0 Å². The van der Waals surface area contributed by atoms with Gasteiger partial charge in [-0.2, -0.15) is 18.3 Å². The molecule has 8 nitrogen and oxygen atoms in total. The molecule has 2 saturated heterocycles. The van der Waals surface area contributed by atoms with Crippen LogP contribution in [0.1, 0.15) is 41.7 Å². The first-order valence-electron chi connectivity index (χ1n) is 11.0. The lowest BCUT2D eigenvalue weighted by Gasteiger charge is -2.30. The van der Waals surface area contributed by atoms with E-state index in [-0.39, 0.29) is 16.9 Å². The summed E-state index contributed by atoms with van der Waals surface area (Å²) in [5.41, 5.74) is -0.394. The fourth-order valence-corrected chi connectivity index (χ4v) is 4.73. The van der Waals surface area contributed by atoms with E-state index < -0.39 is 24.3 Å². The van der Waals surface area contributed by atoms with Crippen LogP contribution in [0.3, 0.4) is 0 Å². The molecule has 2 aliphatic heterocycles.